The molecule has 0 unspecified atom stereocenters. The fourth-order valence-electron chi connectivity index (χ4n) is 18.4. The molecule has 3 heteroatoms. The second kappa shape index (κ2) is 29.0. The molecule has 24 aromatic rings. The third kappa shape index (κ3) is 12.1. The monoisotopic (exact) mass is 1490 g/mol. The highest BCUT2D eigenvalue weighted by molar-refractivity contribution is 6.26. The van der Waals surface area contributed by atoms with E-state index in [0.717, 1.165) is 0 Å². The lowest BCUT2D eigenvalue weighted by atomic mass is 9.92. The van der Waals surface area contributed by atoms with E-state index in [1.165, 1.54) is 214 Å². The molecular weight excluding hydrogens is 1410 g/mol. The zero-order chi connectivity index (χ0) is 77.3. The maximum Gasteiger partial charge on any atom is 0.0541 e. The minimum atomic E-state index is 1.18. The van der Waals surface area contributed by atoms with E-state index >= 15 is 0 Å². The van der Waals surface area contributed by atoms with Crippen LogP contribution in [0.5, 0.6) is 0 Å². The largest absolute Gasteiger partial charge is 0.309 e. The van der Waals surface area contributed by atoms with Crippen molar-refractivity contribution >= 4 is 130 Å². The predicted molar refractivity (Wildman–Crippen MR) is 500 cm³/mol. The van der Waals surface area contributed by atoms with Gasteiger partial charge in [-0.25, -0.2) is 0 Å². The van der Waals surface area contributed by atoms with Crippen LogP contribution in [0.15, 0.2) is 455 Å². The van der Waals surface area contributed by atoms with Crippen molar-refractivity contribution in [1.29, 1.82) is 0 Å². The number of fused-ring (bicyclic) bond motifs is 19. The smallest absolute Gasteiger partial charge is 0.0541 e. The second-order valence-corrected chi connectivity index (χ2v) is 30.6. The molecule has 0 radical (unpaired) electrons. The normalized spacial score (nSPS) is 11.6. The molecule has 117 heavy (non-hydrogen) atoms. The van der Waals surface area contributed by atoms with Gasteiger partial charge in [-0.15, -0.1) is 0 Å². The van der Waals surface area contributed by atoms with Crippen LogP contribution >= 0.6 is 0 Å². The van der Waals surface area contributed by atoms with Gasteiger partial charge in [-0.05, 0) is 235 Å². The van der Waals surface area contributed by atoms with Gasteiger partial charge in [0, 0.05) is 49.4 Å². The average molecular weight is 1490 g/mol. The molecule has 0 saturated carbocycles. The predicted octanol–water partition coefficient (Wildman–Crippen LogP) is 31.3. The fraction of sp³-hybridized carbons (Fsp3) is 0. The number of para-hydroxylation sites is 6. The van der Waals surface area contributed by atoms with Gasteiger partial charge in [0.25, 0.3) is 0 Å². The lowest BCUT2D eigenvalue weighted by molar-refractivity contribution is 1.18. The first kappa shape index (κ1) is 68.4. The van der Waals surface area contributed by atoms with Gasteiger partial charge in [-0.1, -0.05) is 352 Å². The summed E-state index contributed by atoms with van der Waals surface area (Å²) in [7, 11) is 0. The highest BCUT2D eigenvalue weighted by Crippen LogP contribution is 2.44. The molecule has 0 spiro atoms. The Balaban J connectivity index is 0.000000107. The average Bonchev–Trinajstić information content (AvgIpc) is 1.75. The van der Waals surface area contributed by atoms with Crippen molar-refractivity contribution in [2.45, 2.75) is 0 Å². The molecule has 0 aliphatic heterocycles. The van der Waals surface area contributed by atoms with Crippen molar-refractivity contribution in [3.63, 3.8) is 0 Å². The van der Waals surface area contributed by atoms with Crippen LogP contribution in [-0.4, -0.2) is 13.7 Å². The molecule has 24 rings (SSSR count). The topological polar surface area (TPSA) is 14.8 Å². The maximum absolute atomic E-state index is 2.37. The van der Waals surface area contributed by atoms with Crippen LogP contribution in [0.3, 0.4) is 0 Å². The molecule has 0 atom stereocenters. The van der Waals surface area contributed by atoms with Crippen LogP contribution in [0.25, 0.3) is 214 Å². The van der Waals surface area contributed by atoms with Crippen LogP contribution < -0.4 is 0 Å². The zero-order valence-corrected chi connectivity index (χ0v) is 64.1. The standard InChI is InChI=1S/C42H27N.C38H25N.C34H23N/c1-2-10-32(11-3-1)43-41-17-9-8-16-38(41)40-27-31(23-25-42(40)43)29-20-18-28(19-21-29)30-22-24-37-35-14-5-4-12-33(35)34-13-6-7-15-36(34)39(37)26-30;1-2-11-30(12-3-1)39-37-17-9-8-16-34(37)36-24-28(22-23-38(36)39)26-18-20-27(21-19-26)35-25-29-10-4-5-13-31(29)32-14-6-7-15-33(32)35;1-2-11-28(12-3-1)35-33-16-7-6-14-31(33)32-23-27(21-22-34(32)35)24-17-19-26(20-18-24)30-15-8-10-25-9-4-5-13-29(25)30/h1-27H;1-25H;1-23H. The van der Waals surface area contributed by atoms with Crippen LogP contribution in [-0.2, 0) is 0 Å². The Morgan fingerprint density at radius 2 is 0.368 bits per heavy atom. The van der Waals surface area contributed by atoms with Crippen LogP contribution in [0.4, 0.5) is 0 Å². The molecule has 546 valence electrons. The minimum absolute atomic E-state index is 1.18. The summed E-state index contributed by atoms with van der Waals surface area (Å²) < 4.78 is 7.09. The molecule has 21 aromatic carbocycles. The quantitative estimate of drug-likeness (QED) is 0.128. The molecule has 0 saturated heterocycles. The minimum Gasteiger partial charge on any atom is -0.309 e. The Kier molecular flexibility index (Phi) is 16.9. The molecule has 0 fully saturated rings. The molecule has 3 aromatic heterocycles. The SMILES string of the molecule is c1ccc(-n2c3ccccc3c3cc(-c4ccc(-c5cc6ccccc6c6ccccc56)cc4)ccc32)cc1.c1ccc(-n2c3ccccc3c3cc(-c4ccc(-c5ccc6c7ccccc7c7ccccc7c6c5)cc4)ccc32)cc1.c1ccc(-n2c3ccccc3c3cc(-c4ccc(-c5cccc6ccccc56)cc4)ccc32)cc1. The highest BCUT2D eigenvalue weighted by Gasteiger charge is 2.19. The van der Waals surface area contributed by atoms with Crippen LogP contribution in [0.1, 0.15) is 0 Å². The van der Waals surface area contributed by atoms with Gasteiger partial charge in [0.15, 0.2) is 0 Å². The molecule has 3 heterocycles. The summed E-state index contributed by atoms with van der Waals surface area (Å²) in [4.78, 5) is 0. The van der Waals surface area contributed by atoms with E-state index in [4.69, 9.17) is 0 Å². The third-order valence-electron chi connectivity index (χ3n) is 24.0. The van der Waals surface area contributed by atoms with Crippen LogP contribution in [0, 0.1) is 0 Å². The van der Waals surface area contributed by atoms with Crippen molar-refractivity contribution in [3.8, 4) is 83.8 Å². The number of hydrogen-bond acceptors (Lipinski definition) is 0. The molecular formula is C114H75N3. The first-order chi connectivity index (χ1) is 58.0. The summed E-state index contributed by atoms with van der Waals surface area (Å²) in [5.74, 6) is 0. The third-order valence-corrected chi connectivity index (χ3v) is 24.0. The van der Waals surface area contributed by atoms with Gasteiger partial charge in [-0.3, -0.25) is 0 Å². The van der Waals surface area contributed by atoms with Crippen molar-refractivity contribution in [2.75, 3.05) is 0 Å². The van der Waals surface area contributed by atoms with Gasteiger partial charge in [0.1, 0.15) is 0 Å². The van der Waals surface area contributed by atoms with Gasteiger partial charge in [-0.2, -0.15) is 0 Å². The molecule has 3 nitrogen and oxygen atoms in total. The highest BCUT2D eigenvalue weighted by atomic mass is 15.0. The van der Waals surface area contributed by atoms with Gasteiger partial charge in [0.05, 0.1) is 33.1 Å². The van der Waals surface area contributed by atoms with Crippen molar-refractivity contribution in [3.05, 3.63) is 455 Å². The van der Waals surface area contributed by atoms with E-state index in [1.807, 2.05) is 0 Å². The Morgan fingerprint density at radius 3 is 0.778 bits per heavy atom. The molecule has 0 aliphatic rings. The summed E-state index contributed by atoms with van der Waals surface area (Å²) in [6, 6.07) is 165. The van der Waals surface area contributed by atoms with E-state index in [-0.39, 0.29) is 0 Å². The molecule has 0 bridgehead atoms. The lowest BCUT2D eigenvalue weighted by Crippen LogP contribution is -1.92. The van der Waals surface area contributed by atoms with Crippen molar-refractivity contribution in [2.24, 2.45) is 0 Å². The number of hydrogen-bond donors (Lipinski definition) is 0. The second-order valence-electron chi connectivity index (χ2n) is 30.6. The number of nitrogens with zero attached hydrogens (tertiary/aromatic N) is 3. The maximum atomic E-state index is 2.37. The lowest BCUT2D eigenvalue weighted by Gasteiger charge is -2.12. The first-order valence-electron chi connectivity index (χ1n) is 40.4. The van der Waals surface area contributed by atoms with Gasteiger partial charge in [0.2, 0.25) is 0 Å². The van der Waals surface area contributed by atoms with E-state index in [2.05, 4.69) is 469 Å². The van der Waals surface area contributed by atoms with E-state index in [0.29, 0.717) is 0 Å². The summed E-state index contributed by atoms with van der Waals surface area (Å²) in [5.41, 5.74) is 25.8. The Labute approximate surface area is 678 Å². The molecule has 0 aliphatic carbocycles. The number of aromatic nitrogens is 3. The number of rotatable bonds is 9. The van der Waals surface area contributed by atoms with Crippen LogP contribution in [0.2, 0.25) is 0 Å². The molecule has 0 amide bonds. The van der Waals surface area contributed by atoms with E-state index < -0.39 is 0 Å². The van der Waals surface area contributed by atoms with E-state index in [9.17, 15) is 0 Å². The summed E-state index contributed by atoms with van der Waals surface area (Å²) >= 11 is 0. The number of benzene rings is 21. The van der Waals surface area contributed by atoms with Gasteiger partial charge >= 0.3 is 0 Å². The Morgan fingerprint density at radius 1 is 0.111 bits per heavy atom. The Bertz CT molecular complexity index is 7910. The van der Waals surface area contributed by atoms with E-state index in [1.54, 1.807) is 0 Å². The Hall–Kier alpha value is -15.4. The summed E-state index contributed by atoms with van der Waals surface area (Å²) in [5, 5.41) is 23.2. The summed E-state index contributed by atoms with van der Waals surface area (Å²) in [6.07, 6.45) is 0. The first-order valence-corrected chi connectivity index (χ1v) is 40.4. The van der Waals surface area contributed by atoms with Crippen molar-refractivity contribution < 1.29 is 0 Å². The zero-order valence-electron chi connectivity index (χ0n) is 64.1. The molecule has 0 N–H and O–H groups in total. The summed E-state index contributed by atoms with van der Waals surface area (Å²) in [6.45, 7) is 0. The van der Waals surface area contributed by atoms with Crippen molar-refractivity contribution in [1.82, 2.24) is 13.7 Å². The fourth-order valence-corrected chi connectivity index (χ4v) is 18.4. The van der Waals surface area contributed by atoms with Gasteiger partial charge < -0.3 is 13.7 Å².